The van der Waals surface area contributed by atoms with Crippen LogP contribution in [0.2, 0.25) is 0 Å². The molecule has 0 unspecified atom stereocenters. The molecule has 0 saturated heterocycles. The number of nitrogens with zero attached hydrogens (tertiary/aromatic N) is 2. The van der Waals surface area contributed by atoms with Crippen LogP contribution in [0.3, 0.4) is 0 Å². The minimum Gasteiger partial charge on any atom is -0.375 e. The van der Waals surface area contributed by atoms with E-state index in [0.29, 0.717) is 30.8 Å². The highest BCUT2D eigenvalue weighted by Gasteiger charge is 2.30. The Kier molecular flexibility index (Phi) is 8.34. The van der Waals surface area contributed by atoms with E-state index in [0.717, 1.165) is 23.4 Å². The predicted octanol–water partition coefficient (Wildman–Crippen LogP) is 5.23. The number of methoxy groups -OCH3 is 1. The smallest absolute Gasteiger partial charge is 0.375 e. The van der Waals surface area contributed by atoms with Gasteiger partial charge in [0.2, 0.25) is 5.91 Å². The number of amides is 2. The van der Waals surface area contributed by atoms with Crippen molar-refractivity contribution in [1.82, 2.24) is 9.47 Å². The highest BCUT2D eigenvalue weighted by atomic mass is 19.4. The first-order chi connectivity index (χ1) is 16.6. The first-order valence-electron chi connectivity index (χ1n) is 11.1. The third-order valence-electron chi connectivity index (χ3n) is 5.70. The molecule has 186 valence electrons. The van der Waals surface area contributed by atoms with E-state index in [9.17, 15) is 22.8 Å². The molecular weight excluding hydrogens is 459 g/mol. The summed E-state index contributed by atoms with van der Waals surface area (Å²) in [4.78, 5) is 26.6. The summed E-state index contributed by atoms with van der Waals surface area (Å²) in [6, 6.07) is 15.8. The fraction of sp³-hybridized carbons (Fsp3) is 0.308. The summed E-state index contributed by atoms with van der Waals surface area (Å²) in [5.41, 5.74) is 1.99. The number of nitrogens with one attached hydrogen (secondary N) is 1. The molecule has 0 fully saturated rings. The van der Waals surface area contributed by atoms with Crippen LogP contribution in [-0.2, 0) is 22.3 Å². The Labute approximate surface area is 202 Å². The highest BCUT2D eigenvalue weighted by Crippen LogP contribution is 2.31. The van der Waals surface area contributed by atoms with Gasteiger partial charge in [-0.2, -0.15) is 13.2 Å². The average molecular weight is 488 g/mol. The van der Waals surface area contributed by atoms with Crippen LogP contribution in [0.15, 0.2) is 60.7 Å². The zero-order chi connectivity index (χ0) is 25.6. The number of ether oxygens (including phenoxy) is 1. The van der Waals surface area contributed by atoms with Crippen molar-refractivity contribution in [1.29, 1.82) is 0 Å². The van der Waals surface area contributed by atoms with Crippen LogP contribution >= 0.6 is 0 Å². The van der Waals surface area contributed by atoms with Crippen molar-refractivity contribution in [3.8, 4) is 11.3 Å². The van der Waals surface area contributed by atoms with Crippen molar-refractivity contribution in [3.05, 3.63) is 77.5 Å². The van der Waals surface area contributed by atoms with Gasteiger partial charge in [-0.3, -0.25) is 9.59 Å². The Bertz CT molecular complexity index is 1170. The molecule has 3 aromatic rings. The monoisotopic (exact) mass is 487 g/mol. The normalized spacial score (nSPS) is 11.4. The summed E-state index contributed by atoms with van der Waals surface area (Å²) in [7, 11) is 3.17. The second-order valence-corrected chi connectivity index (χ2v) is 8.18. The van der Waals surface area contributed by atoms with Gasteiger partial charge in [-0.25, -0.2) is 0 Å². The predicted molar refractivity (Wildman–Crippen MR) is 128 cm³/mol. The van der Waals surface area contributed by atoms with Gasteiger partial charge in [0.05, 0.1) is 11.1 Å². The molecule has 0 aliphatic heterocycles. The quantitative estimate of drug-likeness (QED) is 0.450. The molecule has 1 heterocycles. The molecule has 0 atom stereocenters. The topological polar surface area (TPSA) is 63.6 Å². The Balaban J connectivity index is 1.85. The van der Waals surface area contributed by atoms with Gasteiger partial charge in [-0.15, -0.1) is 0 Å². The summed E-state index contributed by atoms with van der Waals surface area (Å²) in [6.07, 6.45) is -3.87. The summed E-state index contributed by atoms with van der Waals surface area (Å²) in [6.45, 7) is 2.85. The second-order valence-electron chi connectivity index (χ2n) is 8.18. The number of benzene rings is 2. The minimum atomic E-state index is -4.50. The fourth-order valence-corrected chi connectivity index (χ4v) is 3.81. The van der Waals surface area contributed by atoms with Crippen molar-refractivity contribution in [3.63, 3.8) is 0 Å². The Morgan fingerprint density at radius 2 is 1.77 bits per heavy atom. The number of halogens is 3. The lowest BCUT2D eigenvalue weighted by atomic mass is 10.1. The number of hydrogen-bond donors (Lipinski definition) is 1. The van der Waals surface area contributed by atoms with Crippen LogP contribution in [0, 0.1) is 6.92 Å². The molecule has 2 amide bonds. The van der Waals surface area contributed by atoms with Crippen LogP contribution in [0.5, 0.6) is 0 Å². The molecule has 1 N–H and O–H groups in total. The maximum atomic E-state index is 13.1. The van der Waals surface area contributed by atoms with E-state index in [2.05, 4.69) is 5.32 Å². The van der Waals surface area contributed by atoms with Crippen LogP contribution in [-0.4, -0.2) is 48.6 Å². The van der Waals surface area contributed by atoms with E-state index in [4.69, 9.17) is 4.74 Å². The third-order valence-corrected chi connectivity index (χ3v) is 5.70. The number of carbonyl (C=O) groups is 2. The van der Waals surface area contributed by atoms with Crippen LogP contribution < -0.4 is 5.32 Å². The lowest BCUT2D eigenvalue weighted by Crippen LogP contribution is -2.31. The molecule has 2 aromatic carbocycles. The van der Waals surface area contributed by atoms with E-state index in [-0.39, 0.29) is 18.2 Å². The Morgan fingerprint density at radius 1 is 1.06 bits per heavy atom. The third kappa shape index (κ3) is 6.51. The van der Waals surface area contributed by atoms with E-state index in [1.165, 1.54) is 19.2 Å². The number of aromatic nitrogens is 1. The summed E-state index contributed by atoms with van der Waals surface area (Å²) in [5.74, 6) is -0.619. The zero-order valence-electron chi connectivity index (χ0n) is 19.9. The molecule has 6 nitrogen and oxygen atoms in total. The second kappa shape index (κ2) is 11.2. The number of hydrogen-bond acceptors (Lipinski definition) is 3. The van der Waals surface area contributed by atoms with Gasteiger partial charge in [-0.1, -0.05) is 36.4 Å². The molecule has 9 heteroatoms. The van der Waals surface area contributed by atoms with Crippen LogP contribution in [0.1, 0.15) is 28.0 Å². The molecular formula is C26H28F3N3O3. The minimum absolute atomic E-state index is 0.00811. The first kappa shape index (κ1) is 26.0. The molecule has 1 aromatic heterocycles. The van der Waals surface area contributed by atoms with E-state index >= 15 is 0 Å². The maximum Gasteiger partial charge on any atom is 0.416 e. The fourth-order valence-electron chi connectivity index (χ4n) is 3.81. The van der Waals surface area contributed by atoms with Gasteiger partial charge in [0, 0.05) is 44.3 Å². The summed E-state index contributed by atoms with van der Waals surface area (Å²) in [5, 5.41) is 2.59. The molecule has 0 aliphatic carbocycles. The molecule has 0 radical (unpaired) electrons. The van der Waals surface area contributed by atoms with Crippen molar-refractivity contribution in [2.45, 2.75) is 26.1 Å². The van der Waals surface area contributed by atoms with Crippen molar-refractivity contribution in [2.24, 2.45) is 0 Å². The van der Waals surface area contributed by atoms with Crippen LogP contribution in [0.25, 0.3) is 11.3 Å². The van der Waals surface area contributed by atoms with Gasteiger partial charge in [0.1, 0.15) is 6.61 Å². The maximum absolute atomic E-state index is 13.1. The van der Waals surface area contributed by atoms with Crippen LogP contribution in [0.4, 0.5) is 18.9 Å². The standard InChI is InChI=1S/C26H28F3N3O3/c1-18-22(25(34)30-21-12-7-11-20(15-21)26(27,28)29)16-23(19-9-5-4-6-10-19)32(18)14-8-13-31(2)24(33)17-35-3/h4-7,9-12,15-16H,8,13-14,17H2,1-3H3,(H,30,34). The lowest BCUT2D eigenvalue weighted by Gasteiger charge is -2.18. The van der Waals surface area contributed by atoms with Gasteiger partial charge in [-0.05, 0) is 43.2 Å². The molecule has 0 saturated carbocycles. The van der Waals surface area contributed by atoms with E-state index in [1.54, 1.807) is 24.9 Å². The van der Waals surface area contributed by atoms with Crippen molar-refractivity contribution < 1.29 is 27.5 Å². The summed E-state index contributed by atoms with van der Waals surface area (Å²) >= 11 is 0. The number of carbonyl (C=O) groups excluding carboxylic acids is 2. The van der Waals surface area contributed by atoms with Crippen molar-refractivity contribution in [2.75, 3.05) is 32.6 Å². The number of anilines is 1. The Morgan fingerprint density at radius 3 is 2.43 bits per heavy atom. The van der Waals surface area contributed by atoms with E-state index in [1.807, 2.05) is 34.9 Å². The molecule has 0 aliphatic rings. The summed E-state index contributed by atoms with van der Waals surface area (Å²) < 4.78 is 46.0. The molecule has 0 spiro atoms. The SMILES string of the molecule is COCC(=O)N(C)CCCn1c(-c2ccccc2)cc(C(=O)Nc2cccc(C(F)(F)F)c2)c1C. The molecule has 35 heavy (non-hydrogen) atoms. The van der Waals surface area contributed by atoms with Gasteiger partial charge in [0.25, 0.3) is 5.91 Å². The molecule has 3 rings (SSSR count). The lowest BCUT2D eigenvalue weighted by molar-refractivity contribution is -0.137. The number of likely N-dealkylation sites (N-methyl/N-ethyl adjacent to an activating group) is 1. The van der Waals surface area contributed by atoms with Gasteiger partial charge >= 0.3 is 6.18 Å². The van der Waals surface area contributed by atoms with Gasteiger partial charge < -0.3 is 19.5 Å². The van der Waals surface area contributed by atoms with Gasteiger partial charge in [0.15, 0.2) is 0 Å². The Hall–Kier alpha value is -3.59. The van der Waals surface area contributed by atoms with E-state index < -0.39 is 17.6 Å². The number of alkyl halides is 3. The highest BCUT2D eigenvalue weighted by molar-refractivity contribution is 6.06. The molecule has 0 bridgehead atoms. The number of rotatable bonds is 9. The first-order valence-corrected chi connectivity index (χ1v) is 11.1. The van der Waals surface area contributed by atoms with Crippen molar-refractivity contribution >= 4 is 17.5 Å². The average Bonchev–Trinajstić information content (AvgIpc) is 3.15. The largest absolute Gasteiger partial charge is 0.416 e. The zero-order valence-corrected chi connectivity index (χ0v) is 19.9.